The van der Waals surface area contributed by atoms with Crippen molar-refractivity contribution in [1.29, 1.82) is 0 Å². The molecule has 1 N–H and O–H groups in total. The van der Waals surface area contributed by atoms with E-state index in [-0.39, 0.29) is 11.7 Å². The molecule has 128 valence electrons. The van der Waals surface area contributed by atoms with Gasteiger partial charge in [-0.1, -0.05) is 12.1 Å². The van der Waals surface area contributed by atoms with Crippen molar-refractivity contribution < 1.29 is 18.3 Å². The Morgan fingerprint density at radius 2 is 2.13 bits per heavy atom. The summed E-state index contributed by atoms with van der Waals surface area (Å²) < 4.78 is 30.7. The van der Waals surface area contributed by atoms with Crippen molar-refractivity contribution in [3.8, 4) is 5.75 Å². The van der Waals surface area contributed by atoms with Crippen LogP contribution in [-0.4, -0.2) is 68.4 Å². The third-order valence-corrected chi connectivity index (χ3v) is 6.59. The number of benzene rings is 1. The molecule has 3 rings (SSSR count). The summed E-state index contributed by atoms with van der Waals surface area (Å²) in [5.74, 6) is 0.723. The maximum Gasteiger partial charge on any atom is 0.214 e. The van der Waals surface area contributed by atoms with Crippen LogP contribution in [0.3, 0.4) is 0 Å². The Morgan fingerprint density at radius 1 is 1.35 bits per heavy atom. The summed E-state index contributed by atoms with van der Waals surface area (Å²) in [4.78, 5) is 2.12. The van der Waals surface area contributed by atoms with Gasteiger partial charge in [0.15, 0.2) is 0 Å². The molecule has 0 saturated carbocycles. The zero-order valence-electron chi connectivity index (χ0n) is 13.6. The van der Waals surface area contributed by atoms with E-state index < -0.39 is 16.1 Å². The summed E-state index contributed by atoms with van der Waals surface area (Å²) in [7, 11) is -0.231. The molecule has 0 bridgehead atoms. The van der Waals surface area contributed by atoms with Crippen LogP contribution in [0.25, 0.3) is 0 Å². The van der Waals surface area contributed by atoms with Gasteiger partial charge in [-0.3, -0.25) is 4.90 Å². The summed E-state index contributed by atoms with van der Waals surface area (Å²) in [6.45, 7) is 2.58. The predicted octanol–water partition coefficient (Wildman–Crippen LogP) is 0.306. The smallest absolute Gasteiger partial charge is 0.214 e. The highest BCUT2D eigenvalue weighted by atomic mass is 32.2. The lowest BCUT2D eigenvalue weighted by Crippen LogP contribution is -2.33. The number of hydrogen-bond acceptors (Lipinski definition) is 5. The SMILES string of the molecule is CN(C)S(=O)(=O)C[C@@H]1CN(Cc2ccc3c(c2)CCO3)C[C@@H]1O. The van der Waals surface area contributed by atoms with E-state index in [1.54, 1.807) is 0 Å². The molecule has 0 unspecified atom stereocenters. The Balaban J connectivity index is 1.63. The Morgan fingerprint density at radius 3 is 2.87 bits per heavy atom. The van der Waals surface area contributed by atoms with Crippen molar-refractivity contribution in [1.82, 2.24) is 9.21 Å². The first-order valence-corrected chi connectivity index (χ1v) is 9.51. The molecular formula is C16H24N2O4S. The lowest BCUT2D eigenvalue weighted by molar-refractivity contribution is 0.148. The van der Waals surface area contributed by atoms with Crippen molar-refractivity contribution in [2.24, 2.45) is 5.92 Å². The van der Waals surface area contributed by atoms with E-state index in [9.17, 15) is 13.5 Å². The standard InChI is InChI=1S/C16H24N2O4S/c1-17(2)23(20,21)11-14-9-18(10-15(14)19)8-12-3-4-16-13(7-12)5-6-22-16/h3-4,7,14-15,19H,5-6,8-11H2,1-2H3/t14-,15-/m0/s1. The Bertz CT molecular complexity index is 675. The van der Waals surface area contributed by atoms with Crippen molar-refractivity contribution in [3.05, 3.63) is 29.3 Å². The van der Waals surface area contributed by atoms with Crippen LogP contribution < -0.4 is 4.74 Å². The average molecular weight is 340 g/mol. The Kier molecular flexibility index (Phi) is 4.64. The van der Waals surface area contributed by atoms with Gasteiger partial charge in [0, 0.05) is 46.1 Å². The number of rotatable bonds is 5. The number of nitrogens with zero attached hydrogens (tertiary/aromatic N) is 2. The minimum atomic E-state index is -3.29. The van der Waals surface area contributed by atoms with Gasteiger partial charge in [0.2, 0.25) is 10.0 Å². The van der Waals surface area contributed by atoms with Crippen molar-refractivity contribution in [2.75, 3.05) is 39.5 Å². The van der Waals surface area contributed by atoms with E-state index in [2.05, 4.69) is 11.0 Å². The van der Waals surface area contributed by atoms with Crippen molar-refractivity contribution in [3.63, 3.8) is 0 Å². The zero-order valence-corrected chi connectivity index (χ0v) is 14.4. The number of aliphatic hydroxyl groups is 1. The molecule has 7 heteroatoms. The first-order chi connectivity index (χ1) is 10.8. The van der Waals surface area contributed by atoms with Gasteiger partial charge in [-0.15, -0.1) is 0 Å². The monoisotopic (exact) mass is 340 g/mol. The van der Waals surface area contributed by atoms with Gasteiger partial charge in [0.05, 0.1) is 18.5 Å². The summed E-state index contributed by atoms with van der Waals surface area (Å²) in [5.41, 5.74) is 2.41. The molecule has 2 aliphatic rings. The van der Waals surface area contributed by atoms with Crippen LogP contribution in [0.1, 0.15) is 11.1 Å². The Hall–Kier alpha value is -1.15. The zero-order chi connectivity index (χ0) is 16.6. The first kappa shape index (κ1) is 16.7. The minimum Gasteiger partial charge on any atom is -0.493 e. The molecule has 0 aromatic heterocycles. The van der Waals surface area contributed by atoms with Gasteiger partial charge in [-0.25, -0.2) is 12.7 Å². The normalized spacial score (nSPS) is 24.9. The molecular weight excluding hydrogens is 316 g/mol. The predicted molar refractivity (Wildman–Crippen MR) is 87.9 cm³/mol. The summed E-state index contributed by atoms with van der Waals surface area (Å²) in [6, 6.07) is 6.19. The fourth-order valence-corrected chi connectivity index (χ4v) is 4.42. The number of ether oxygens (including phenoxy) is 1. The van der Waals surface area contributed by atoms with E-state index in [4.69, 9.17) is 4.74 Å². The lowest BCUT2D eigenvalue weighted by atomic mass is 10.1. The number of fused-ring (bicyclic) bond motifs is 1. The fraction of sp³-hybridized carbons (Fsp3) is 0.625. The maximum atomic E-state index is 12.0. The maximum absolute atomic E-state index is 12.0. The van der Waals surface area contributed by atoms with Gasteiger partial charge in [-0.2, -0.15) is 0 Å². The van der Waals surface area contributed by atoms with Gasteiger partial charge < -0.3 is 9.84 Å². The second-order valence-corrected chi connectivity index (χ2v) is 8.85. The molecule has 2 atom stereocenters. The molecule has 0 aliphatic carbocycles. The summed E-state index contributed by atoms with van der Waals surface area (Å²) in [6.07, 6.45) is 0.345. The van der Waals surface area contributed by atoms with Crippen LogP contribution in [0.2, 0.25) is 0 Å². The number of hydrogen-bond donors (Lipinski definition) is 1. The van der Waals surface area contributed by atoms with Gasteiger partial charge >= 0.3 is 0 Å². The second kappa shape index (κ2) is 6.39. The topological polar surface area (TPSA) is 70.1 Å². The molecule has 23 heavy (non-hydrogen) atoms. The Labute approximate surface area is 137 Å². The summed E-state index contributed by atoms with van der Waals surface area (Å²) in [5, 5.41) is 10.2. The van der Waals surface area contributed by atoms with Crippen molar-refractivity contribution in [2.45, 2.75) is 19.1 Å². The van der Waals surface area contributed by atoms with Crippen LogP contribution >= 0.6 is 0 Å². The van der Waals surface area contributed by atoms with Gasteiger partial charge in [0.1, 0.15) is 5.75 Å². The van der Waals surface area contributed by atoms with Crippen LogP contribution in [0.15, 0.2) is 18.2 Å². The van der Waals surface area contributed by atoms with Gasteiger partial charge in [0.25, 0.3) is 0 Å². The molecule has 0 amide bonds. The molecule has 0 radical (unpaired) electrons. The highest BCUT2D eigenvalue weighted by molar-refractivity contribution is 7.89. The molecule has 6 nitrogen and oxygen atoms in total. The molecule has 1 fully saturated rings. The minimum absolute atomic E-state index is 0.00427. The molecule has 0 spiro atoms. The quantitative estimate of drug-likeness (QED) is 0.835. The van der Waals surface area contributed by atoms with Crippen LogP contribution in [0, 0.1) is 5.92 Å². The van der Waals surface area contributed by atoms with E-state index in [0.29, 0.717) is 13.1 Å². The third-order valence-electron chi connectivity index (χ3n) is 4.62. The van der Waals surface area contributed by atoms with Crippen molar-refractivity contribution >= 4 is 10.0 Å². The highest BCUT2D eigenvalue weighted by Gasteiger charge is 2.35. The van der Waals surface area contributed by atoms with Crippen LogP contribution in [-0.2, 0) is 23.0 Å². The molecule has 2 aliphatic heterocycles. The lowest BCUT2D eigenvalue weighted by Gasteiger charge is -2.18. The van der Waals surface area contributed by atoms with Gasteiger partial charge in [-0.05, 0) is 17.2 Å². The average Bonchev–Trinajstić information content (AvgIpc) is 3.05. The number of β-amino-alcohol motifs (C(OH)–C–C–N with tert-alkyl or cyclic N) is 1. The molecule has 1 aromatic carbocycles. The molecule has 2 heterocycles. The largest absolute Gasteiger partial charge is 0.493 e. The van der Waals surface area contributed by atoms with E-state index in [0.717, 1.165) is 25.3 Å². The highest BCUT2D eigenvalue weighted by Crippen LogP contribution is 2.27. The number of likely N-dealkylation sites (tertiary alicyclic amines) is 1. The molecule has 1 saturated heterocycles. The van der Waals surface area contributed by atoms with E-state index in [1.807, 2.05) is 12.1 Å². The second-order valence-electron chi connectivity index (χ2n) is 6.62. The van der Waals surface area contributed by atoms with E-state index in [1.165, 1.54) is 29.5 Å². The van der Waals surface area contributed by atoms with Crippen LogP contribution in [0.5, 0.6) is 5.75 Å². The third kappa shape index (κ3) is 3.68. The summed E-state index contributed by atoms with van der Waals surface area (Å²) >= 11 is 0. The van der Waals surface area contributed by atoms with Crippen LogP contribution in [0.4, 0.5) is 0 Å². The first-order valence-electron chi connectivity index (χ1n) is 7.90. The fourth-order valence-electron chi connectivity index (χ4n) is 3.25. The van der Waals surface area contributed by atoms with E-state index >= 15 is 0 Å². The molecule has 1 aromatic rings. The number of sulfonamides is 1. The number of aliphatic hydroxyl groups excluding tert-OH is 1.